The van der Waals surface area contributed by atoms with Crippen LogP contribution in [-0.4, -0.2) is 30.3 Å². The van der Waals surface area contributed by atoms with Gasteiger partial charge >= 0.3 is 0 Å². The van der Waals surface area contributed by atoms with Crippen molar-refractivity contribution in [2.75, 3.05) is 13.6 Å². The highest BCUT2D eigenvalue weighted by molar-refractivity contribution is 5.80. The van der Waals surface area contributed by atoms with Crippen LogP contribution in [0.1, 0.15) is 30.7 Å². The first kappa shape index (κ1) is 16.8. The summed E-state index contributed by atoms with van der Waals surface area (Å²) in [6.07, 6.45) is 2.18. The highest BCUT2D eigenvalue weighted by Crippen LogP contribution is 2.19. The molecular formula is C18H22N2O3. The standard InChI is InChI=1S/C18H22N2O3/c1-14(16-9-6-12-23-16)20(2)18(22)10-11-19-17(21)13-15-7-4-3-5-8-15/h3-9,12,14H,10-11,13H2,1-2H3,(H,19,21). The van der Waals surface area contributed by atoms with Gasteiger partial charge in [0.2, 0.25) is 11.8 Å². The third kappa shape index (κ3) is 4.98. The number of nitrogens with zero attached hydrogens (tertiary/aromatic N) is 1. The van der Waals surface area contributed by atoms with Crippen molar-refractivity contribution in [3.63, 3.8) is 0 Å². The Morgan fingerprint density at radius 2 is 1.91 bits per heavy atom. The predicted octanol–water partition coefficient (Wildman–Crippen LogP) is 2.55. The molecule has 0 spiro atoms. The van der Waals surface area contributed by atoms with Crippen LogP contribution in [-0.2, 0) is 16.0 Å². The molecule has 0 saturated carbocycles. The molecule has 122 valence electrons. The lowest BCUT2D eigenvalue weighted by Crippen LogP contribution is -2.34. The van der Waals surface area contributed by atoms with Gasteiger partial charge in [-0.3, -0.25) is 9.59 Å². The van der Waals surface area contributed by atoms with Gasteiger partial charge in [0.1, 0.15) is 5.76 Å². The largest absolute Gasteiger partial charge is 0.467 e. The fourth-order valence-electron chi connectivity index (χ4n) is 2.26. The van der Waals surface area contributed by atoms with E-state index >= 15 is 0 Å². The third-order valence-corrected chi connectivity index (χ3v) is 3.80. The molecule has 1 unspecified atom stereocenters. The molecule has 1 aromatic heterocycles. The van der Waals surface area contributed by atoms with E-state index in [4.69, 9.17) is 4.42 Å². The lowest BCUT2D eigenvalue weighted by Gasteiger charge is -2.23. The Hall–Kier alpha value is -2.56. The van der Waals surface area contributed by atoms with Gasteiger partial charge in [-0.2, -0.15) is 0 Å². The van der Waals surface area contributed by atoms with Crippen molar-refractivity contribution in [1.82, 2.24) is 10.2 Å². The Morgan fingerprint density at radius 1 is 1.17 bits per heavy atom. The summed E-state index contributed by atoms with van der Waals surface area (Å²) in [6.45, 7) is 2.24. The van der Waals surface area contributed by atoms with Crippen LogP contribution in [0.2, 0.25) is 0 Å². The molecule has 1 atom stereocenters. The summed E-state index contributed by atoms with van der Waals surface area (Å²) in [5.41, 5.74) is 0.958. The number of rotatable bonds is 7. The Morgan fingerprint density at radius 3 is 2.57 bits per heavy atom. The molecule has 0 fully saturated rings. The van der Waals surface area contributed by atoms with Gasteiger partial charge in [0.25, 0.3) is 0 Å². The van der Waals surface area contributed by atoms with Gasteiger partial charge in [0, 0.05) is 20.0 Å². The van der Waals surface area contributed by atoms with E-state index in [2.05, 4.69) is 5.32 Å². The molecule has 1 N–H and O–H groups in total. The number of carbonyl (C=O) groups is 2. The van der Waals surface area contributed by atoms with Gasteiger partial charge in [-0.25, -0.2) is 0 Å². The summed E-state index contributed by atoms with van der Waals surface area (Å²) in [5, 5.41) is 2.78. The summed E-state index contributed by atoms with van der Waals surface area (Å²) >= 11 is 0. The predicted molar refractivity (Wildman–Crippen MR) is 87.7 cm³/mol. The number of hydrogen-bond acceptors (Lipinski definition) is 3. The second-order valence-corrected chi connectivity index (χ2v) is 5.46. The normalized spacial score (nSPS) is 11.7. The Kier molecular flexibility index (Phi) is 5.97. The average molecular weight is 314 g/mol. The third-order valence-electron chi connectivity index (χ3n) is 3.80. The number of hydrogen-bond donors (Lipinski definition) is 1. The van der Waals surface area contributed by atoms with Crippen molar-refractivity contribution in [3.05, 3.63) is 60.1 Å². The summed E-state index contributed by atoms with van der Waals surface area (Å²) in [5.74, 6) is 0.633. The zero-order valence-electron chi connectivity index (χ0n) is 13.5. The maximum atomic E-state index is 12.2. The zero-order valence-corrected chi connectivity index (χ0v) is 13.5. The highest BCUT2D eigenvalue weighted by atomic mass is 16.3. The lowest BCUT2D eigenvalue weighted by atomic mass is 10.1. The first-order valence-corrected chi connectivity index (χ1v) is 7.67. The van der Waals surface area contributed by atoms with E-state index < -0.39 is 0 Å². The van der Waals surface area contributed by atoms with Crippen molar-refractivity contribution in [1.29, 1.82) is 0 Å². The van der Waals surface area contributed by atoms with E-state index in [1.165, 1.54) is 0 Å². The van der Waals surface area contributed by atoms with Crippen molar-refractivity contribution >= 4 is 11.8 Å². The summed E-state index contributed by atoms with van der Waals surface area (Å²) in [7, 11) is 1.74. The van der Waals surface area contributed by atoms with E-state index in [0.717, 1.165) is 11.3 Å². The fraction of sp³-hybridized carbons (Fsp3) is 0.333. The molecule has 0 aliphatic heterocycles. The molecule has 2 aromatic rings. The molecule has 0 saturated heterocycles. The molecule has 0 bridgehead atoms. The molecule has 5 nitrogen and oxygen atoms in total. The average Bonchev–Trinajstić information content (AvgIpc) is 3.08. The second-order valence-electron chi connectivity index (χ2n) is 5.46. The molecular weight excluding hydrogens is 292 g/mol. The van der Waals surface area contributed by atoms with Crippen molar-refractivity contribution in [3.8, 4) is 0 Å². The summed E-state index contributed by atoms with van der Waals surface area (Å²) in [6, 6.07) is 13.0. The minimum absolute atomic E-state index is 0.0334. The maximum Gasteiger partial charge on any atom is 0.224 e. The Bertz CT molecular complexity index is 623. The Balaban J connectivity index is 1.73. The van der Waals surface area contributed by atoms with Gasteiger partial charge < -0.3 is 14.6 Å². The smallest absolute Gasteiger partial charge is 0.224 e. The minimum Gasteiger partial charge on any atom is -0.467 e. The lowest BCUT2D eigenvalue weighted by molar-refractivity contribution is -0.132. The van der Waals surface area contributed by atoms with Gasteiger partial charge in [0.05, 0.1) is 18.7 Å². The molecule has 23 heavy (non-hydrogen) atoms. The number of carbonyl (C=O) groups excluding carboxylic acids is 2. The first-order chi connectivity index (χ1) is 11.1. The topological polar surface area (TPSA) is 62.6 Å². The number of nitrogens with one attached hydrogen (secondary N) is 1. The van der Waals surface area contributed by atoms with Crippen molar-refractivity contribution in [2.24, 2.45) is 0 Å². The van der Waals surface area contributed by atoms with E-state index in [0.29, 0.717) is 13.0 Å². The highest BCUT2D eigenvalue weighted by Gasteiger charge is 2.19. The van der Waals surface area contributed by atoms with Crippen LogP contribution < -0.4 is 5.32 Å². The molecule has 0 aliphatic carbocycles. The molecule has 2 rings (SSSR count). The van der Waals surface area contributed by atoms with Crippen LogP contribution in [0.15, 0.2) is 53.1 Å². The monoisotopic (exact) mass is 314 g/mol. The maximum absolute atomic E-state index is 12.2. The molecule has 0 radical (unpaired) electrons. The van der Waals surface area contributed by atoms with Crippen LogP contribution in [0.25, 0.3) is 0 Å². The van der Waals surface area contributed by atoms with Crippen LogP contribution in [0.3, 0.4) is 0 Å². The molecule has 1 heterocycles. The molecule has 2 amide bonds. The zero-order chi connectivity index (χ0) is 16.7. The number of benzene rings is 1. The Labute approximate surface area is 136 Å². The SMILES string of the molecule is CC(c1ccco1)N(C)C(=O)CCNC(=O)Cc1ccccc1. The van der Waals surface area contributed by atoms with Gasteiger partial charge in [-0.1, -0.05) is 30.3 Å². The summed E-state index contributed by atoms with van der Waals surface area (Å²) < 4.78 is 5.31. The minimum atomic E-state index is -0.127. The van der Waals surface area contributed by atoms with Gasteiger partial charge in [0.15, 0.2) is 0 Å². The number of amides is 2. The van der Waals surface area contributed by atoms with Crippen LogP contribution in [0.4, 0.5) is 0 Å². The van der Waals surface area contributed by atoms with Crippen molar-refractivity contribution in [2.45, 2.75) is 25.8 Å². The van der Waals surface area contributed by atoms with E-state index in [-0.39, 0.29) is 24.3 Å². The van der Waals surface area contributed by atoms with Gasteiger partial charge in [-0.15, -0.1) is 0 Å². The molecule has 5 heteroatoms. The number of furan rings is 1. The van der Waals surface area contributed by atoms with Crippen LogP contribution in [0, 0.1) is 0 Å². The van der Waals surface area contributed by atoms with E-state index in [1.807, 2.05) is 43.3 Å². The fourth-order valence-corrected chi connectivity index (χ4v) is 2.26. The summed E-state index contributed by atoms with van der Waals surface area (Å²) in [4.78, 5) is 25.6. The van der Waals surface area contributed by atoms with Gasteiger partial charge in [-0.05, 0) is 24.6 Å². The van der Waals surface area contributed by atoms with E-state index in [9.17, 15) is 9.59 Å². The van der Waals surface area contributed by atoms with E-state index in [1.54, 1.807) is 24.3 Å². The van der Waals surface area contributed by atoms with Crippen LogP contribution >= 0.6 is 0 Å². The van der Waals surface area contributed by atoms with Crippen molar-refractivity contribution < 1.29 is 14.0 Å². The first-order valence-electron chi connectivity index (χ1n) is 7.67. The second kappa shape index (κ2) is 8.17. The molecule has 0 aliphatic rings. The quantitative estimate of drug-likeness (QED) is 0.854. The van der Waals surface area contributed by atoms with Crippen LogP contribution in [0.5, 0.6) is 0 Å². The molecule has 1 aromatic carbocycles.